The van der Waals surface area contributed by atoms with Crippen molar-refractivity contribution in [3.63, 3.8) is 0 Å². The van der Waals surface area contributed by atoms with Crippen LogP contribution in [0.25, 0.3) is 0 Å². The number of nitrogens with one attached hydrogen (secondary N) is 3. The van der Waals surface area contributed by atoms with Gasteiger partial charge in [0.2, 0.25) is 0 Å². The molecule has 0 spiro atoms. The summed E-state index contributed by atoms with van der Waals surface area (Å²) >= 11 is 9.48. The van der Waals surface area contributed by atoms with E-state index in [-0.39, 0.29) is 12.2 Å². The molecule has 0 unspecified atom stereocenters. The molecule has 0 aromatic heterocycles. The van der Waals surface area contributed by atoms with Gasteiger partial charge in [0.25, 0.3) is 0 Å². The van der Waals surface area contributed by atoms with E-state index in [1.165, 1.54) is 13.3 Å². The van der Waals surface area contributed by atoms with Crippen LogP contribution >= 0.6 is 27.5 Å². The number of ether oxygens (including phenoxy) is 5. The van der Waals surface area contributed by atoms with E-state index in [2.05, 4.69) is 37.1 Å². The Bertz CT molecular complexity index is 1620. The summed E-state index contributed by atoms with van der Waals surface area (Å²) in [5.74, 6) is 1.17. The average molecular weight is 718 g/mol. The van der Waals surface area contributed by atoms with E-state index in [1.54, 1.807) is 56.5 Å². The molecule has 0 bridgehead atoms. The lowest BCUT2D eigenvalue weighted by atomic mass is 9.95. The Morgan fingerprint density at radius 2 is 1.80 bits per heavy atom. The molecule has 2 atom stereocenters. The number of hydrogen-bond acceptors (Lipinski definition) is 10. The lowest BCUT2D eigenvalue weighted by Crippen LogP contribution is -2.45. The summed E-state index contributed by atoms with van der Waals surface area (Å²) in [6.45, 7) is 3.91. The number of carbonyl (C=O) groups excluding carboxylic acids is 2. The molecule has 0 saturated carbocycles. The molecule has 12 nitrogen and oxygen atoms in total. The van der Waals surface area contributed by atoms with Gasteiger partial charge < -0.3 is 39.4 Å². The first-order valence-corrected chi connectivity index (χ1v) is 15.3. The molecule has 3 aromatic rings. The van der Waals surface area contributed by atoms with Crippen molar-refractivity contribution in [1.29, 1.82) is 0 Å². The molecule has 0 saturated heterocycles. The number of nitrogens with zero attached hydrogens (tertiary/aromatic N) is 1. The zero-order valence-corrected chi connectivity index (χ0v) is 27.9. The zero-order chi connectivity index (χ0) is 33.2. The van der Waals surface area contributed by atoms with Crippen molar-refractivity contribution in [2.75, 3.05) is 27.4 Å². The Hall–Kier alpha value is -4.46. The Balaban J connectivity index is 1.39. The number of methoxy groups -OCH3 is 2. The second kappa shape index (κ2) is 16.2. The molecule has 46 heavy (non-hydrogen) atoms. The van der Waals surface area contributed by atoms with Gasteiger partial charge >= 0.3 is 12.0 Å². The fourth-order valence-corrected chi connectivity index (χ4v) is 5.03. The minimum Gasteiger partial charge on any atom is -0.493 e. The van der Waals surface area contributed by atoms with Crippen molar-refractivity contribution in [3.05, 3.63) is 92.1 Å². The van der Waals surface area contributed by atoms with Crippen LogP contribution < -0.4 is 35.0 Å². The number of amides is 2. The van der Waals surface area contributed by atoms with E-state index < -0.39 is 24.3 Å². The first-order chi connectivity index (χ1) is 22.1. The van der Waals surface area contributed by atoms with Crippen LogP contribution in [0.3, 0.4) is 0 Å². The number of aliphatic hydroxyl groups excluding tert-OH is 1. The minimum atomic E-state index is -1.17. The number of allylic oxidation sites excluding steroid dienone is 1. The Morgan fingerprint density at radius 1 is 1.07 bits per heavy atom. The predicted octanol–water partition coefficient (Wildman–Crippen LogP) is 5.21. The number of carbonyl (C=O) groups is 2. The van der Waals surface area contributed by atoms with Crippen molar-refractivity contribution < 1.29 is 38.4 Å². The summed E-state index contributed by atoms with van der Waals surface area (Å²) in [5, 5.41) is 20.6. The first-order valence-electron chi connectivity index (χ1n) is 14.1. The Labute approximate surface area is 279 Å². The van der Waals surface area contributed by atoms with Crippen molar-refractivity contribution >= 4 is 45.7 Å². The fourth-order valence-electron chi connectivity index (χ4n) is 4.48. The summed E-state index contributed by atoms with van der Waals surface area (Å²) in [4.78, 5) is 24.6. The molecule has 3 aromatic carbocycles. The van der Waals surface area contributed by atoms with Gasteiger partial charge in [-0.3, -0.25) is 5.43 Å². The minimum absolute atomic E-state index is 0.171. The number of rotatable bonds is 14. The normalized spacial score (nSPS) is 15.1. The highest BCUT2D eigenvalue weighted by molar-refractivity contribution is 9.10. The van der Waals surface area contributed by atoms with Crippen molar-refractivity contribution in [1.82, 2.24) is 16.1 Å². The molecule has 244 valence electrons. The summed E-state index contributed by atoms with van der Waals surface area (Å²) in [5.41, 5.74) is 5.48. The SMILES string of the molecule is CCOc1cc([C@H]2NC(=O)NC(C)=C2C(=O)OC)ccc1OC[C@H](O)N/N=C\c1cc(OC)c(OCc2ccc(Cl)cc2)cc1Br. The summed E-state index contributed by atoms with van der Waals surface area (Å²) in [6, 6.07) is 14.7. The summed E-state index contributed by atoms with van der Waals surface area (Å²) in [6.07, 6.45) is 0.342. The fraction of sp³-hybridized carbons (Fsp3) is 0.281. The standard InChI is InChI=1S/C32H34BrClN4O8/c1-5-44-26-12-20(30-29(31(40)43-4)18(2)36-32(41)37-30)8-11-24(26)46-17-28(39)38-35-15-21-13-25(42-3)27(14-23(21)33)45-16-19-6-9-22(34)10-7-19/h6-15,28,30,38-39H,5,16-17H2,1-4H3,(H2,36,37,41)/b35-15-/t28-,30+/m0/s1. The van der Waals surface area contributed by atoms with Crippen molar-refractivity contribution in [2.24, 2.45) is 5.10 Å². The highest BCUT2D eigenvalue weighted by Gasteiger charge is 2.32. The van der Waals surface area contributed by atoms with Crippen LogP contribution in [-0.4, -0.2) is 57.0 Å². The van der Waals surface area contributed by atoms with Crippen LogP contribution in [0.1, 0.15) is 36.6 Å². The number of urea groups is 1. The van der Waals surface area contributed by atoms with E-state index in [9.17, 15) is 14.7 Å². The molecule has 4 N–H and O–H groups in total. The van der Waals surface area contributed by atoms with Gasteiger partial charge in [0.1, 0.15) is 13.2 Å². The van der Waals surface area contributed by atoms with Gasteiger partial charge in [-0.2, -0.15) is 5.10 Å². The molecular weight excluding hydrogens is 684 g/mol. The molecule has 1 aliphatic rings. The summed E-state index contributed by atoms with van der Waals surface area (Å²) in [7, 11) is 2.81. The number of hydrazone groups is 1. The lowest BCUT2D eigenvalue weighted by molar-refractivity contribution is -0.136. The topological polar surface area (TPSA) is 149 Å². The number of benzene rings is 3. The predicted molar refractivity (Wildman–Crippen MR) is 175 cm³/mol. The second-order valence-corrected chi connectivity index (χ2v) is 11.1. The summed E-state index contributed by atoms with van der Waals surface area (Å²) < 4.78 is 28.6. The molecule has 2 amide bonds. The van der Waals surface area contributed by atoms with Crippen LogP contribution in [0, 0.1) is 0 Å². The van der Waals surface area contributed by atoms with Crippen LogP contribution in [0.2, 0.25) is 5.02 Å². The van der Waals surface area contributed by atoms with Gasteiger partial charge in [0.05, 0.1) is 38.7 Å². The molecule has 1 heterocycles. The molecule has 0 fully saturated rings. The number of hydrogen-bond donors (Lipinski definition) is 4. The maximum atomic E-state index is 12.5. The zero-order valence-electron chi connectivity index (χ0n) is 25.6. The number of halogens is 2. The molecule has 0 aliphatic carbocycles. The van der Waals surface area contributed by atoms with Gasteiger partial charge in [-0.1, -0.05) is 29.8 Å². The van der Waals surface area contributed by atoms with Gasteiger partial charge in [0, 0.05) is 20.8 Å². The van der Waals surface area contributed by atoms with E-state index >= 15 is 0 Å². The number of esters is 1. The van der Waals surface area contributed by atoms with E-state index in [1.807, 2.05) is 19.1 Å². The lowest BCUT2D eigenvalue weighted by Gasteiger charge is -2.28. The highest BCUT2D eigenvalue weighted by atomic mass is 79.9. The smallest absolute Gasteiger partial charge is 0.337 e. The monoisotopic (exact) mass is 716 g/mol. The van der Waals surface area contributed by atoms with Gasteiger partial charge in [-0.15, -0.1) is 0 Å². The quantitative estimate of drug-likeness (QED) is 0.0764. The average Bonchev–Trinajstić information content (AvgIpc) is 3.04. The van der Waals surface area contributed by atoms with Crippen LogP contribution in [-0.2, 0) is 16.1 Å². The molecule has 4 rings (SSSR count). The maximum absolute atomic E-state index is 12.5. The van der Waals surface area contributed by atoms with E-state index in [4.69, 9.17) is 35.3 Å². The number of aliphatic hydroxyl groups is 1. The van der Waals surface area contributed by atoms with E-state index in [0.717, 1.165) is 5.56 Å². The van der Waals surface area contributed by atoms with Crippen molar-refractivity contribution in [3.8, 4) is 23.0 Å². The van der Waals surface area contributed by atoms with Crippen LogP contribution in [0.15, 0.2) is 75.4 Å². The van der Waals surface area contributed by atoms with Crippen LogP contribution in [0.4, 0.5) is 4.79 Å². The Morgan fingerprint density at radius 3 is 2.50 bits per heavy atom. The van der Waals surface area contributed by atoms with Gasteiger partial charge in [-0.05, 0) is 77.3 Å². The molecule has 0 radical (unpaired) electrons. The van der Waals surface area contributed by atoms with Crippen molar-refractivity contribution in [2.45, 2.75) is 32.7 Å². The molecule has 14 heteroatoms. The second-order valence-electron chi connectivity index (χ2n) is 9.85. The third kappa shape index (κ3) is 8.83. The largest absolute Gasteiger partial charge is 0.493 e. The third-order valence-electron chi connectivity index (χ3n) is 6.69. The maximum Gasteiger partial charge on any atom is 0.337 e. The van der Waals surface area contributed by atoms with Crippen LogP contribution in [0.5, 0.6) is 23.0 Å². The first kappa shape index (κ1) is 34.4. The molecular formula is C32H34BrClN4O8. The highest BCUT2D eigenvalue weighted by Crippen LogP contribution is 2.35. The Kier molecular flexibility index (Phi) is 12.1. The van der Waals surface area contributed by atoms with E-state index in [0.29, 0.717) is 62.5 Å². The third-order valence-corrected chi connectivity index (χ3v) is 7.63. The molecule has 1 aliphatic heterocycles. The van der Waals surface area contributed by atoms with Gasteiger partial charge in [0.15, 0.2) is 29.2 Å². The van der Waals surface area contributed by atoms with Gasteiger partial charge in [-0.25, -0.2) is 9.59 Å².